The number of rotatable bonds is 7. The number of carboxylic acid groups (broad SMARTS) is 1. The molecule has 0 bridgehead atoms. The Labute approximate surface area is 143 Å². The van der Waals surface area contributed by atoms with Gasteiger partial charge in [-0.2, -0.15) is 0 Å². The van der Waals surface area contributed by atoms with Crippen LogP contribution < -0.4 is 0 Å². The second kappa shape index (κ2) is 8.29. The third-order valence-electron chi connectivity index (χ3n) is 4.34. The second-order valence-electron chi connectivity index (χ2n) is 6.91. The SMILES string of the molecule is CC(C)CC(C)OCCC(=O)N1CCc2ccc(C(=O)O)cc2C1. The number of benzene rings is 1. The summed E-state index contributed by atoms with van der Waals surface area (Å²) in [6.45, 7) is 7.94. The van der Waals surface area contributed by atoms with Crippen LogP contribution in [-0.4, -0.2) is 41.1 Å². The van der Waals surface area contributed by atoms with Crippen molar-refractivity contribution in [3.05, 3.63) is 34.9 Å². The van der Waals surface area contributed by atoms with Crippen molar-refractivity contribution >= 4 is 11.9 Å². The molecule has 1 aromatic carbocycles. The largest absolute Gasteiger partial charge is 0.478 e. The van der Waals surface area contributed by atoms with Crippen LogP contribution in [0.15, 0.2) is 18.2 Å². The fourth-order valence-corrected chi connectivity index (χ4v) is 3.14. The zero-order valence-electron chi connectivity index (χ0n) is 14.7. The first-order valence-electron chi connectivity index (χ1n) is 8.61. The molecule has 0 saturated heterocycles. The highest BCUT2D eigenvalue weighted by atomic mass is 16.5. The normalized spacial score (nSPS) is 15.2. The minimum Gasteiger partial charge on any atom is -0.478 e. The van der Waals surface area contributed by atoms with E-state index in [1.54, 1.807) is 17.0 Å². The first kappa shape index (κ1) is 18.5. The van der Waals surface area contributed by atoms with Crippen LogP contribution in [0.3, 0.4) is 0 Å². The van der Waals surface area contributed by atoms with Gasteiger partial charge in [0.25, 0.3) is 0 Å². The van der Waals surface area contributed by atoms with Gasteiger partial charge in [-0.25, -0.2) is 4.79 Å². The van der Waals surface area contributed by atoms with Crippen molar-refractivity contribution in [1.29, 1.82) is 0 Å². The highest BCUT2D eigenvalue weighted by Crippen LogP contribution is 2.21. The van der Waals surface area contributed by atoms with Gasteiger partial charge < -0.3 is 14.7 Å². The molecular weight excluding hydrogens is 306 g/mol. The lowest BCUT2D eigenvalue weighted by atomic mass is 9.97. The number of hydrogen-bond acceptors (Lipinski definition) is 3. The Balaban J connectivity index is 1.86. The number of fused-ring (bicyclic) bond motifs is 1. The highest BCUT2D eigenvalue weighted by molar-refractivity contribution is 5.88. The molecule has 1 heterocycles. The Morgan fingerprint density at radius 3 is 2.67 bits per heavy atom. The van der Waals surface area contributed by atoms with Crippen LogP contribution >= 0.6 is 0 Å². The summed E-state index contributed by atoms with van der Waals surface area (Å²) < 4.78 is 5.71. The number of aromatic carboxylic acids is 1. The summed E-state index contributed by atoms with van der Waals surface area (Å²) in [5.41, 5.74) is 2.34. The predicted octanol–water partition coefficient (Wildman–Crippen LogP) is 3.11. The number of amides is 1. The first-order valence-corrected chi connectivity index (χ1v) is 8.61. The number of carboxylic acids is 1. The van der Waals surface area contributed by atoms with Gasteiger partial charge in [0.05, 0.1) is 24.7 Å². The molecule has 0 aliphatic carbocycles. The quantitative estimate of drug-likeness (QED) is 0.832. The Morgan fingerprint density at radius 1 is 1.25 bits per heavy atom. The van der Waals surface area contributed by atoms with Gasteiger partial charge in [-0.1, -0.05) is 19.9 Å². The van der Waals surface area contributed by atoms with E-state index in [1.165, 1.54) is 0 Å². The van der Waals surface area contributed by atoms with E-state index in [0.29, 0.717) is 32.0 Å². The second-order valence-corrected chi connectivity index (χ2v) is 6.91. The lowest BCUT2D eigenvalue weighted by Crippen LogP contribution is -2.36. The van der Waals surface area contributed by atoms with Crippen molar-refractivity contribution in [1.82, 2.24) is 4.90 Å². The van der Waals surface area contributed by atoms with Crippen LogP contribution in [0.25, 0.3) is 0 Å². The molecule has 24 heavy (non-hydrogen) atoms. The molecule has 1 aliphatic heterocycles. The van der Waals surface area contributed by atoms with E-state index in [4.69, 9.17) is 9.84 Å². The number of ether oxygens (including phenoxy) is 1. The summed E-state index contributed by atoms with van der Waals surface area (Å²) in [5.74, 6) is -0.287. The molecule has 0 fully saturated rings. The Hall–Kier alpha value is -1.88. The highest BCUT2D eigenvalue weighted by Gasteiger charge is 2.21. The van der Waals surface area contributed by atoms with Gasteiger partial charge in [0.2, 0.25) is 5.91 Å². The lowest BCUT2D eigenvalue weighted by Gasteiger charge is -2.29. The summed E-state index contributed by atoms with van der Waals surface area (Å²) in [7, 11) is 0. The molecule has 132 valence electrons. The standard InChI is InChI=1S/C19H27NO4/c1-13(2)10-14(3)24-9-7-18(21)20-8-6-15-4-5-16(19(22)23)11-17(15)12-20/h4-5,11,13-14H,6-10,12H2,1-3H3,(H,22,23). The van der Waals surface area contributed by atoms with E-state index >= 15 is 0 Å². The van der Waals surface area contributed by atoms with Gasteiger partial charge >= 0.3 is 5.97 Å². The van der Waals surface area contributed by atoms with Gasteiger partial charge in [0.1, 0.15) is 0 Å². The van der Waals surface area contributed by atoms with E-state index in [1.807, 2.05) is 13.0 Å². The third kappa shape index (κ3) is 5.06. The molecule has 1 unspecified atom stereocenters. The van der Waals surface area contributed by atoms with Crippen molar-refractivity contribution in [2.75, 3.05) is 13.2 Å². The van der Waals surface area contributed by atoms with E-state index in [2.05, 4.69) is 13.8 Å². The molecule has 1 aromatic rings. The molecule has 1 atom stereocenters. The van der Waals surface area contributed by atoms with E-state index in [0.717, 1.165) is 24.0 Å². The van der Waals surface area contributed by atoms with E-state index in [9.17, 15) is 9.59 Å². The maximum Gasteiger partial charge on any atom is 0.335 e. The molecule has 2 rings (SSSR count). The summed E-state index contributed by atoms with van der Waals surface area (Å²) in [4.78, 5) is 25.2. The average molecular weight is 333 g/mol. The molecule has 1 N–H and O–H groups in total. The van der Waals surface area contributed by atoms with Crippen LogP contribution in [0.2, 0.25) is 0 Å². The smallest absolute Gasteiger partial charge is 0.335 e. The Kier molecular flexibility index (Phi) is 6.37. The first-order chi connectivity index (χ1) is 11.4. The van der Waals surface area contributed by atoms with Crippen molar-refractivity contribution in [3.63, 3.8) is 0 Å². The zero-order chi connectivity index (χ0) is 17.7. The minimum atomic E-state index is -0.936. The van der Waals surface area contributed by atoms with Crippen molar-refractivity contribution in [3.8, 4) is 0 Å². The number of carbonyl (C=O) groups excluding carboxylic acids is 1. The van der Waals surface area contributed by atoms with Crippen molar-refractivity contribution in [2.24, 2.45) is 5.92 Å². The maximum atomic E-state index is 12.4. The van der Waals surface area contributed by atoms with E-state index < -0.39 is 5.97 Å². The third-order valence-corrected chi connectivity index (χ3v) is 4.34. The molecule has 0 aromatic heterocycles. The van der Waals surface area contributed by atoms with Crippen LogP contribution in [0.5, 0.6) is 0 Å². The van der Waals surface area contributed by atoms with Gasteiger partial charge in [-0.3, -0.25) is 4.79 Å². The molecule has 0 radical (unpaired) electrons. The molecule has 0 spiro atoms. The predicted molar refractivity (Wildman–Crippen MR) is 92.0 cm³/mol. The van der Waals surface area contributed by atoms with Crippen LogP contribution in [0.1, 0.15) is 55.1 Å². The molecule has 1 aliphatic rings. The average Bonchev–Trinajstić information content (AvgIpc) is 2.52. The lowest BCUT2D eigenvalue weighted by molar-refractivity contribution is -0.133. The molecule has 5 heteroatoms. The van der Waals surface area contributed by atoms with Gasteiger partial charge in [0.15, 0.2) is 0 Å². The number of carbonyl (C=O) groups is 2. The van der Waals surface area contributed by atoms with E-state index in [-0.39, 0.29) is 17.6 Å². The van der Waals surface area contributed by atoms with Crippen LogP contribution in [-0.2, 0) is 22.5 Å². The zero-order valence-corrected chi connectivity index (χ0v) is 14.7. The van der Waals surface area contributed by atoms with Crippen molar-refractivity contribution in [2.45, 2.75) is 52.7 Å². The summed E-state index contributed by atoms with van der Waals surface area (Å²) in [5, 5.41) is 9.09. The maximum absolute atomic E-state index is 12.4. The monoisotopic (exact) mass is 333 g/mol. The van der Waals surface area contributed by atoms with Crippen molar-refractivity contribution < 1.29 is 19.4 Å². The van der Waals surface area contributed by atoms with Gasteiger partial charge in [-0.15, -0.1) is 0 Å². The number of hydrogen-bond donors (Lipinski definition) is 1. The fourth-order valence-electron chi connectivity index (χ4n) is 3.14. The minimum absolute atomic E-state index is 0.0677. The summed E-state index contributed by atoms with van der Waals surface area (Å²) >= 11 is 0. The molecule has 0 saturated carbocycles. The van der Waals surface area contributed by atoms with Gasteiger partial charge in [0, 0.05) is 13.1 Å². The topological polar surface area (TPSA) is 66.8 Å². The fraction of sp³-hybridized carbons (Fsp3) is 0.579. The van der Waals surface area contributed by atoms with Crippen LogP contribution in [0.4, 0.5) is 0 Å². The molecule has 5 nitrogen and oxygen atoms in total. The molecular formula is C19H27NO4. The number of nitrogens with zero attached hydrogens (tertiary/aromatic N) is 1. The Bertz CT molecular complexity index is 597. The summed E-state index contributed by atoms with van der Waals surface area (Å²) in [6, 6.07) is 5.16. The Morgan fingerprint density at radius 2 is 2.00 bits per heavy atom. The van der Waals surface area contributed by atoms with Gasteiger partial charge in [-0.05, 0) is 48.9 Å². The summed E-state index contributed by atoms with van der Waals surface area (Å²) in [6.07, 6.45) is 2.29. The molecule has 1 amide bonds. The van der Waals surface area contributed by atoms with Crippen LogP contribution in [0, 0.1) is 5.92 Å².